The highest BCUT2D eigenvalue weighted by molar-refractivity contribution is 7.98. The van der Waals surface area contributed by atoms with Crippen molar-refractivity contribution in [3.05, 3.63) is 35.5 Å². The lowest BCUT2D eigenvalue weighted by atomic mass is 10.2. The second-order valence-electron chi connectivity index (χ2n) is 6.61. The van der Waals surface area contributed by atoms with Crippen molar-refractivity contribution in [3.63, 3.8) is 0 Å². The Morgan fingerprint density at radius 2 is 1.93 bits per heavy atom. The Bertz CT molecular complexity index is 747. The van der Waals surface area contributed by atoms with E-state index < -0.39 is 0 Å². The molecule has 0 spiro atoms. The van der Waals surface area contributed by atoms with E-state index in [0.717, 1.165) is 38.3 Å². The molecule has 0 saturated carbocycles. The van der Waals surface area contributed by atoms with E-state index in [1.54, 1.807) is 18.1 Å². The molecule has 0 unspecified atom stereocenters. The fourth-order valence-corrected chi connectivity index (χ4v) is 3.63. The number of thiocarbonyl (C=S) groups is 1. The Kier molecular flexibility index (Phi) is 8.14. The summed E-state index contributed by atoms with van der Waals surface area (Å²) in [6.45, 7) is 5.67. The van der Waals surface area contributed by atoms with E-state index in [2.05, 4.69) is 51.4 Å². The monoisotopic (exact) mass is 401 g/mol. The zero-order valence-corrected chi connectivity index (χ0v) is 18.1. The van der Waals surface area contributed by atoms with Crippen molar-refractivity contribution < 1.29 is 0 Å². The van der Waals surface area contributed by atoms with Gasteiger partial charge in [0.05, 0.1) is 6.34 Å². The lowest BCUT2D eigenvalue weighted by molar-refractivity contribution is 0.369. The van der Waals surface area contributed by atoms with Crippen LogP contribution in [0, 0.1) is 11.3 Å². The molecule has 5 nitrogen and oxygen atoms in total. The third-order valence-electron chi connectivity index (χ3n) is 4.50. The second kappa shape index (κ2) is 10.3. The SMILES string of the molecule is CSc1ccc(N2CCCN(/C(C)=C(/C#N)C(=S)N=CN(C)C)CC2)cc1. The molecule has 0 N–H and O–H groups in total. The van der Waals surface area contributed by atoms with Gasteiger partial charge in [-0.05, 0) is 43.9 Å². The van der Waals surface area contributed by atoms with Gasteiger partial charge in [0.15, 0.2) is 0 Å². The molecule has 1 heterocycles. The standard InChI is InChI=1S/C20H27N5S2/c1-16(19(14-21)20(26)22-15-23(2)3)24-10-5-11-25(13-12-24)17-6-8-18(27-4)9-7-17/h6-9,15H,5,10-13H2,1-4H3/b19-16-,22-15?. The van der Waals surface area contributed by atoms with Crippen LogP contribution in [0.3, 0.4) is 0 Å². The van der Waals surface area contributed by atoms with Gasteiger partial charge in [0.2, 0.25) is 0 Å². The first-order valence-electron chi connectivity index (χ1n) is 8.96. The molecule has 0 bridgehead atoms. The molecule has 7 heteroatoms. The first-order valence-corrected chi connectivity index (χ1v) is 10.6. The first-order chi connectivity index (χ1) is 13.0. The molecule has 0 radical (unpaired) electrons. The molecular weight excluding hydrogens is 374 g/mol. The van der Waals surface area contributed by atoms with Crippen LogP contribution in [0.4, 0.5) is 5.69 Å². The fraction of sp³-hybridized carbons (Fsp3) is 0.450. The molecular formula is C20H27N5S2. The van der Waals surface area contributed by atoms with Crippen LogP contribution < -0.4 is 4.90 Å². The summed E-state index contributed by atoms with van der Waals surface area (Å²) in [7, 11) is 3.76. The lowest BCUT2D eigenvalue weighted by Crippen LogP contribution is -2.30. The summed E-state index contributed by atoms with van der Waals surface area (Å²) >= 11 is 7.11. The Balaban J connectivity index is 2.11. The smallest absolute Gasteiger partial charge is 0.147 e. The van der Waals surface area contributed by atoms with Crippen LogP contribution in [0.25, 0.3) is 0 Å². The third kappa shape index (κ3) is 5.98. The maximum Gasteiger partial charge on any atom is 0.147 e. The molecule has 1 aromatic rings. The maximum absolute atomic E-state index is 9.59. The molecule has 144 valence electrons. The quantitative estimate of drug-likeness (QED) is 0.187. The van der Waals surface area contributed by atoms with E-state index >= 15 is 0 Å². The summed E-state index contributed by atoms with van der Waals surface area (Å²) in [4.78, 5) is 12.3. The summed E-state index contributed by atoms with van der Waals surface area (Å²) < 4.78 is 0. The molecule has 1 aromatic carbocycles. The number of thioether (sulfide) groups is 1. The van der Waals surface area contributed by atoms with Gasteiger partial charge in [-0.25, -0.2) is 4.99 Å². The molecule has 27 heavy (non-hydrogen) atoms. The van der Waals surface area contributed by atoms with E-state index in [1.807, 2.05) is 25.9 Å². The van der Waals surface area contributed by atoms with Gasteiger partial charge in [-0.3, -0.25) is 0 Å². The van der Waals surface area contributed by atoms with Crippen molar-refractivity contribution in [2.24, 2.45) is 4.99 Å². The van der Waals surface area contributed by atoms with Gasteiger partial charge in [0.1, 0.15) is 16.6 Å². The first kappa shape index (κ1) is 21.3. The third-order valence-corrected chi connectivity index (χ3v) is 5.55. The summed E-state index contributed by atoms with van der Waals surface area (Å²) in [5, 5.41) is 9.59. The largest absolute Gasteiger partial charge is 0.372 e. The van der Waals surface area contributed by atoms with Gasteiger partial charge in [-0.15, -0.1) is 11.8 Å². The number of rotatable bonds is 5. The highest BCUT2D eigenvalue weighted by atomic mass is 32.2. The van der Waals surface area contributed by atoms with E-state index in [0.29, 0.717) is 10.6 Å². The minimum Gasteiger partial charge on any atom is -0.372 e. The van der Waals surface area contributed by atoms with E-state index in [-0.39, 0.29) is 0 Å². The Morgan fingerprint density at radius 3 is 2.52 bits per heavy atom. The van der Waals surface area contributed by atoms with Crippen molar-refractivity contribution in [2.75, 3.05) is 51.4 Å². The molecule has 1 aliphatic rings. The normalized spacial score (nSPS) is 16.0. The Labute approximate surface area is 172 Å². The number of benzene rings is 1. The number of anilines is 1. The van der Waals surface area contributed by atoms with Crippen LogP contribution in [0.15, 0.2) is 45.4 Å². The van der Waals surface area contributed by atoms with E-state index in [9.17, 15) is 5.26 Å². The molecule has 1 aliphatic heterocycles. The molecule has 1 saturated heterocycles. The number of hydrogen-bond acceptors (Lipinski definition) is 5. The maximum atomic E-state index is 9.59. The van der Waals surface area contributed by atoms with Crippen molar-refractivity contribution >= 4 is 41.0 Å². The number of aliphatic imine (C=N–C) groups is 1. The van der Waals surface area contributed by atoms with Gasteiger partial charge in [0, 0.05) is 56.6 Å². The predicted octanol–water partition coefficient (Wildman–Crippen LogP) is 3.64. The number of hydrogen-bond donors (Lipinski definition) is 0. The predicted molar refractivity (Wildman–Crippen MR) is 120 cm³/mol. The lowest BCUT2D eigenvalue weighted by Gasteiger charge is -2.26. The highest BCUT2D eigenvalue weighted by Crippen LogP contribution is 2.23. The highest BCUT2D eigenvalue weighted by Gasteiger charge is 2.19. The van der Waals surface area contributed by atoms with Gasteiger partial charge >= 0.3 is 0 Å². The zero-order chi connectivity index (χ0) is 19.8. The minimum absolute atomic E-state index is 0.345. The van der Waals surface area contributed by atoms with Crippen molar-refractivity contribution in [2.45, 2.75) is 18.2 Å². The minimum atomic E-state index is 0.345. The van der Waals surface area contributed by atoms with Crippen LogP contribution in [-0.2, 0) is 0 Å². The summed E-state index contributed by atoms with van der Waals surface area (Å²) in [6.07, 6.45) is 4.76. The van der Waals surface area contributed by atoms with E-state index in [1.165, 1.54) is 10.6 Å². The van der Waals surface area contributed by atoms with Crippen molar-refractivity contribution in [1.29, 1.82) is 5.26 Å². The molecule has 0 aromatic heterocycles. The summed E-state index contributed by atoms with van der Waals surface area (Å²) in [6, 6.07) is 11.0. The van der Waals surface area contributed by atoms with Gasteiger partial charge in [0.25, 0.3) is 0 Å². The number of nitriles is 1. The number of nitrogens with zero attached hydrogens (tertiary/aromatic N) is 5. The zero-order valence-electron chi connectivity index (χ0n) is 16.5. The van der Waals surface area contributed by atoms with Crippen LogP contribution >= 0.6 is 24.0 Å². The Morgan fingerprint density at radius 1 is 1.22 bits per heavy atom. The van der Waals surface area contributed by atoms with Gasteiger partial charge in [-0.1, -0.05) is 12.2 Å². The molecule has 2 rings (SSSR count). The van der Waals surface area contributed by atoms with E-state index in [4.69, 9.17) is 12.2 Å². The van der Waals surface area contributed by atoms with Crippen LogP contribution in [0.2, 0.25) is 0 Å². The van der Waals surface area contributed by atoms with Gasteiger partial charge in [-0.2, -0.15) is 5.26 Å². The topological polar surface area (TPSA) is 45.9 Å². The average Bonchev–Trinajstić information content (AvgIpc) is 2.93. The molecule has 0 amide bonds. The van der Waals surface area contributed by atoms with Gasteiger partial charge < -0.3 is 14.7 Å². The van der Waals surface area contributed by atoms with Crippen LogP contribution in [-0.4, -0.2) is 67.7 Å². The van der Waals surface area contributed by atoms with Crippen LogP contribution in [0.5, 0.6) is 0 Å². The van der Waals surface area contributed by atoms with Crippen LogP contribution in [0.1, 0.15) is 13.3 Å². The molecule has 0 aliphatic carbocycles. The number of allylic oxidation sites excluding steroid dienone is 1. The average molecular weight is 402 g/mol. The Hall–Kier alpha value is -2.04. The summed E-state index contributed by atoms with van der Waals surface area (Å²) in [5.41, 5.74) is 2.65. The molecule has 1 fully saturated rings. The fourth-order valence-electron chi connectivity index (χ4n) is 2.98. The van der Waals surface area contributed by atoms with Crippen molar-refractivity contribution in [1.82, 2.24) is 9.80 Å². The van der Waals surface area contributed by atoms with Crippen molar-refractivity contribution in [3.8, 4) is 6.07 Å². The second-order valence-corrected chi connectivity index (χ2v) is 7.88. The molecule has 0 atom stereocenters. The summed E-state index contributed by atoms with van der Waals surface area (Å²) in [5.74, 6) is 0.